The van der Waals surface area contributed by atoms with Crippen molar-refractivity contribution in [2.75, 3.05) is 50.0 Å². The quantitative estimate of drug-likeness (QED) is 0.789. The SMILES string of the molecule is O=S(=O)(CCC1CCOCC1)N1CCCN(c2cccnn2)CC1. The molecule has 0 aliphatic carbocycles. The average Bonchev–Trinajstić information content (AvgIpc) is 2.89. The van der Waals surface area contributed by atoms with Gasteiger partial charge in [-0.25, -0.2) is 12.7 Å². The molecule has 24 heavy (non-hydrogen) atoms. The van der Waals surface area contributed by atoms with Gasteiger partial charge in [-0.2, -0.15) is 5.10 Å². The van der Waals surface area contributed by atoms with Crippen LogP contribution in [0.4, 0.5) is 5.82 Å². The Labute approximate surface area is 144 Å². The first-order valence-electron chi connectivity index (χ1n) is 8.73. The largest absolute Gasteiger partial charge is 0.381 e. The highest BCUT2D eigenvalue weighted by Gasteiger charge is 2.27. The van der Waals surface area contributed by atoms with Gasteiger partial charge >= 0.3 is 0 Å². The summed E-state index contributed by atoms with van der Waals surface area (Å²) < 4.78 is 32.3. The molecule has 2 saturated heterocycles. The van der Waals surface area contributed by atoms with E-state index in [4.69, 9.17) is 4.74 Å². The fourth-order valence-electron chi connectivity index (χ4n) is 3.34. The molecule has 2 fully saturated rings. The van der Waals surface area contributed by atoms with Crippen LogP contribution in [0.3, 0.4) is 0 Å². The van der Waals surface area contributed by atoms with Crippen molar-refractivity contribution in [1.29, 1.82) is 0 Å². The van der Waals surface area contributed by atoms with Crippen LogP contribution < -0.4 is 4.90 Å². The van der Waals surface area contributed by atoms with E-state index >= 15 is 0 Å². The molecular weight excluding hydrogens is 328 g/mol. The number of ether oxygens (including phenoxy) is 1. The summed E-state index contributed by atoms with van der Waals surface area (Å²) in [6.07, 6.45) is 5.17. The Morgan fingerprint density at radius 2 is 2.00 bits per heavy atom. The standard InChI is InChI=1S/C16H26N4O3S/c21-24(22,14-6-15-4-12-23-13-5-15)20-9-2-8-19(10-11-20)16-3-1-7-17-18-16/h1,3,7,15H,2,4-6,8-14H2. The summed E-state index contributed by atoms with van der Waals surface area (Å²) in [7, 11) is -3.18. The van der Waals surface area contributed by atoms with E-state index in [1.54, 1.807) is 10.5 Å². The molecule has 3 heterocycles. The summed E-state index contributed by atoms with van der Waals surface area (Å²) in [5, 5.41) is 8.03. The molecule has 0 amide bonds. The van der Waals surface area contributed by atoms with Crippen molar-refractivity contribution in [2.24, 2.45) is 5.92 Å². The van der Waals surface area contributed by atoms with Crippen LogP contribution in [0.5, 0.6) is 0 Å². The van der Waals surface area contributed by atoms with Gasteiger partial charge in [0, 0.05) is 45.6 Å². The van der Waals surface area contributed by atoms with Crippen LogP contribution in [0.2, 0.25) is 0 Å². The highest BCUT2D eigenvalue weighted by atomic mass is 32.2. The minimum Gasteiger partial charge on any atom is -0.381 e. The van der Waals surface area contributed by atoms with Crippen LogP contribution in [-0.2, 0) is 14.8 Å². The lowest BCUT2D eigenvalue weighted by Gasteiger charge is -2.25. The molecule has 0 spiro atoms. The molecule has 134 valence electrons. The average molecular weight is 354 g/mol. The molecule has 0 aromatic carbocycles. The minimum atomic E-state index is -3.18. The maximum absolute atomic E-state index is 12.7. The Morgan fingerprint density at radius 1 is 1.17 bits per heavy atom. The molecule has 1 aromatic heterocycles. The molecule has 1 aromatic rings. The fraction of sp³-hybridized carbons (Fsp3) is 0.750. The number of rotatable bonds is 5. The first-order chi connectivity index (χ1) is 11.6. The summed E-state index contributed by atoms with van der Waals surface area (Å²) in [6.45, 7) is 4.11. The number of sulfonamides is 1. The molecule has 0 radical (unpaired) electrons. The van der Waals surface area contributed by atoms with Crippen LogP contribution >= 0.6 is 0 Å². The second-order valence-corrected chi connectivity index (χ2v) is 8.57. The molecule has 0 unspecified atom stereocenters. The van der Waals surface area contributed by atoms with Gasteiger partial charge in [-0.3, -0.25) is 0 Å². The van der Waals surface area contributed by atoms with Crippen molar-refractivity contribution in [2.45, 2.75) is 25.7 Å². The summed E-state index contributed by atoms with van der Waals surface area (Å²) in [6, 6.07) is 3.78. The molecule has 7 nitrogen and oxygen atoms in total. The second-order valence-electron chi connectivity index (χ2n) is 6.48. The van der Waals surface area contributed by atoms with Gasteiger partial charge in [-0.15, -0.1) is 5.10 Å². The Balaban J connectivity index is 1.54. The third kappa shape index (κ3) is 4.64. The number of aromatic nitrogens is 2. The maximum Gasteiger partial charge on any atom is 0.214 e. The molecule has 0 N–H and O–H groups in total. The zero-order chi connectivity index (χ0) is 16.8. The van der Waals surface area contributed by atoms with Crippen LogP contribution in [0, 0.1) is 5.92 Å². The predicted octanol–water partition coefficient (Wildman–Crippen LogP) is 1.14. The van der Waals surface area contributed by atoms with Crippen molar-refractivity contribution < 1.29 is 13.2 Å². The normalized spacial score (nSPS) is 21.6. The van der Waals surface area contributed by atoms with Gasteiger partial charge < -0.3 is 9.64 Å². The minimum absolute atomic E-state index is 0.253. The fourth-order valence-corrected chi connectivity index (χ4v) is 5.00. The Morgan fingerprint density at radius 3 is 2.75 bits per heavy atom. The smallest absolute Gasteiger partial charge is 0.214 e. The number of anilines is 1. The van der Waals surface area contributed by atoms with Gasteiger partial charge in [0.15, 0.2) is 5.82 Å². The van der Waals surface area contributed by atoms with Crippen molar-refractivity contribution in [1.82, 2.24) is 14.5 Å². The monoisotopic (exact) mass is 354 g/mol. The van der Waals surface area contributed by atoms with Crippen LogP contribution in [0.25, 0.3) is 0 Å². The Hall–Kier alpha value is -1.25. The summed E-state index contributed by atoms with van der Waals surface area (Å²) >= 11 is 0. The lowest BCUT2D eigenvalue weighted by molar-refractivity contribution is 0.0655. The van der Waals surface area contributed by atoms with Gasteiger partial charge in [-0.1, -0.05) is 0 Å². The van der Waals surface area contributed by atoms with E-state index in [2.05, 4.69) is 15.1 Å². The van der Waals surface area contributed by atoms with E-state index in [9.17, 15) is 8.42 Å². The molecule has 0 atom stereocenters. The summed E-state index contributed by atoms with van der Waals surface area (Å²) in [5.74, 6) is 1.55. The van der Waals surface area contributed by atoms with E-state index in [-0.39, 0.29) is 5.75 Å². The molecular formula is C16H26N4O3S. The van der Waals surface area contributed by atoms with Gasteiger partial charge in [0.05, 0.1) is 5.75 Å². The third-order valence-corrected chi connectivity index (χ3v) is 6.76. The lowest BCUT2D eigenvalue weighted by atomic mass is 9.98. The molecule has 0 saturated carbocycles. The van der Waals surface area contributed by atoms with Crippen molar-refractivity contribution in [3.05, 3.63) is 18.3 Å². The topological polar surface area (TPSA) is 75.6 Å². The zero-order valence-corrected chi connectivity index (χ0v) is 14.8. The summed E-state index contributed by atoms with van der Waals surface area (Å²) in [4.78, 5) is 2.11. The van der Waals surface area contributed by atoms with E-state index in [1.807, 2.05) is 12.1 Å². The number of hydrogen-bond acceptors (Lipinski definition) is 6. The van der Waals surface area contributed by atoms with Crippen LogP contribution in [0.15, 0.2) is 18.3 Å². The van der Waals surface area contributed by atoms with E-state index in [1.165, 1.54) is 0 Å². The first kappa shape index (κ1) is 17.6. The Kier molecular flexibility index (Phi) is 6.02. The highest BCUT2D eigenvalue weighted by molar-refractivity contribution is 7.89. The van der Waals surface area contributed by atoms with Crippen molar-refractivity contribution >= 4 is 15.8 Å². The van der Waals surface area contributed by atoms with Gasteiger partial charge in [0.1, 0.15) is 0 Å². The van der Waals surface area contributed by atoms with Crippen LogP contribution in [0.1, 0.15) is 25.7 Å². The van der Waals surface area contributed by atoms with Gasteiger partial charge in [-0.05, 0) is 43.7 Å². The molecule has 8 heteroatoms. The predicted molar refractivity (Wildman–Crippen MR) is 92.4 cm³/mol. The van der Waals surface area contributed by atoms with Crippen molar-refractivity contribution in [3.63, 3.8) is 0 Å². The summed E-state index contributed by atoms with van der Waals surface area (Å²) in [5.41, 5.74) is 0. The van der Waals surface area contributed by atoms with Crippen molar-refractivity contribution in [3.8, 4) is 0 Å². The second kappa shape index (κ2) is 8.22. The van der Waals surface area contributed by atoms with Crippen LogP contribution in [-0.4, -0.2) is 68.1 Å². The number of nitrogens with zero attached hydrogens (tertiary/aromatic N) is 4. The maximum atomic E-state index is 12.7. The lowest BCUT2D eigenvalue weighted by Crippen LogP contribution is -2.37. The van der Waals surface area contributed by atoms with E-state index in [0.29, 0.717) is 25.6 Å². The zero-order valence-electron chi connectivity index (χ0n) is 14.0. The Bertz CT molecular complexity index is 605. The number of hydrogen-bond donors (Lipinski definition) is 0. The molecule has 2 aliphatic heterocycles. The van der Waals surface area contributed by atoms with Gasteiger partial charge in [0.2, 0.25) is 10.0 Å². The van der Waals surface area contributed by atoms with E-state index < -0.39 is 10.0 Å². The molecule has 3 rings (SSSR count). The molecule has 0 bridgehead atoms. The first-order valence-corrected chi connectivity index (χ1v) is 10.3. The third-order valence-electron chi connectivity index (χ3n) is 4.86. The molecule has 2 aliphatic rings. The highest BCUT2D eigenvalue weighted by Crippen LogP contribution is 2.21. The van der Waals surface area contributed by atoms with E-state index in [0.717, 1.165) is 51.3 Å². The van der Waals surface area contributed by atoms with Gasteiger partial charge in [0.25, 0.3) is 0 Å².